The van der Waals surface area contributed by atoms with Crippen molar-refractivity contribution >= 4 is 11.6 Å². The van der Waals surface area contributed by atoms with E-state index in [0.29, 0.717) is 5.92 Å². The Morgan fingerprint density at radius 1 is 1.05 bits per heavy atom. The van der Waals surface area contributed by atoms with Crippen molar-refractivity contribution in [1.82, 2.24) is 0 Å². The number of halogens is 3. The highest BCUT2D eigenvalue weighted by Crippen LogP contribution is 2.56. The first-order valence-corrected chi connectivity index (χ1v) is 6.74. The van der Waals surface area contributed by atoms with E-state index in [1.807, 2.05) is 18.2 Å². The van der Waals surface area contributed by atoms with Crippen molar-refractivity contribution < 1.29 is 8.78 Å². The van der Waals surface area contributed by atoms with Gasteiger partial charge in [-0.25, -0.2) is 8.78 Å². The first-order chi connectivity index (χ1) is 9.16. The second kappa shape index (κ2) is 4.93. The number of rotatable bonds is 3. The predicted molar refractivity (Wildman–Crippen MR) is 72.2 cm³/mol. The number of hydrogen-bond donors (Lipinski definition) is 0. The van der Waals surface area contributed by atoms with Gasteiger partial charge in [-0.2, -0.15) is 0 Å². The largest absolute Gasteiger partial charge is 0.207 e. The van der Waals surface area contributed by atoms with Crippen LogP contribution in [0.1, 0.15) is 28.8 Å². The molecule has 0 radical (unpaired) electrons. The summed E-state index contributed by atoms with van der Waals surface area (Å²) < 4.78 is 26.9. The molecule has 0 heterocycles. The van der Waals surface area contributed by atoms with Crippen LogP contribution in [0.2, 0.25) is 0 Å². The van der Waals surface area contributed by atoms with Crippen molar-refractivity contribution in [2.24, 2.45) is 5.92 Å². The first-order valence-electron chi connectivity index (χ1n) is 6.31. The molecule has 0 nitrogen and oxygen atoms in total. The molecule has 1 aliphatic carbocycles. The molecule has 0 N–H and O–H groups in total. The molecule has 0 bridgehead atoms. The lowest BCUT2D eigenvalue weighted by Gasteiger charge is -2.11. The van der Waals surface area contributed by atoms with Crippen LogP contribution in [0, 0.1) is 17.6 Å². The Morgan fingerprint density at radius 2 is 1.79 bits per heavy atom. The van der Waals surface area contributed by atoms with Crippen molar-refractivity contribution in [3.05, 3.63) is 71.3 Å². The van der Waals surface area contributed by atoms with Gasteiger partial charge in [0.25, 0.3) is 0 Å². The average Bonchev–Trinajstić information content (AvgIpc) is 3.22. The minimum atomic E-state index is -0.471. The Labute approximate surface area is 116 Å². The van der Waals surface area contributed by atoms with E-state index in [1.54, 1.807) is 0 Å². The Kier molecular flexibility index (Phi) is 3.28. The highest BCUT2D eigenvalue weighted by molar-refractivity contribution is 6.21. The molecular formula is C16H13ClF2. The molecule has 3 rings (SSSR count). The lowest BCUT2D eigenvalue weighted by molar-refractivity contribution is 0.573. The quantitative estimate of drug-likeness (QED) is 0.689. The van der Waals surface area contributed by atoms with Gasteiger partial charge in [0.05, 0.1) is 5.38 Å². The van der Waals surface area contributed by atoms with Gasteiger partial charge >= 0.3 is 0 Å². The molecule has 3 atom stereocenters. The molecule has 98 valence electrons. The summed E-state index contributed by atoms with van der Waals surface area (Å²) in [5, 5.41) is -0.471. The molecular weight excluding hydrogens is 266 g/mol. The Morgan fingerprint density at radius 3 is 2.53 bits per heavy atom. The molecule has 0 aliphatic heterocycles. The summed E-state index contributed by atoms with van der Waals surface area (Å²) in [5.74, 6) is -0.342. The van der Waals surface area contributed by atoms with Crippen molar-refractivity contribution in [1.29, 1.82) is 0 Å². The smallest absolute Gasteiger partial charge is 0.128 e. The van der Waals surface area contributed by atoms with Crippen LogP contribution in [-0.4, -0.2) is 0 Å². The minimum Gasteiger partial charge on any atom is -0.207 e. The summed E-state index contributed by atoms with van der Waals surface area (Å²) >= 11 is 6.32. The fraction of sp³-hybridized carbons (Fsp3) is 0.250. The third kappa shape index (κ3) is 2.50. The van der Waals surface area contributed by atoms with E-state index >= 15 is 0 Å². The molecule has 3 unspecified atom stereocenters. The zero-order valence-corrected chi connectivity index (χ0v) is 10.9. The van der Waals surface area contributed by atoms with Crippen LogP contribution in [0.15, 0.2) is 48.5 Å². The van der Waals surface area contributed by atoms with Gasteiger partial charge in [0.15, 0.2) is 0 Å². The second-order valence-corrected chi connectivity index (χ2v) is 5.45. The van der Waals surface area contributed by atoms with Crippen LogP contribution < -0.4 is 0 Å². The molecule has 2 aromatic rings. The van der Waals surface area contributed by atoms with Gasteiger partial charge in [-0.3, -0.25) is 0 Å². The summed E-state index contributed by atoms with van der Waals surface area (Å²) in [7, 11) is 0. The van der Waals surface area contributed by atoms with Gasteiger partial charge < -0.3 is 0 Å². The van der Waals surface area contributed by atoms with Crippen LogP contribution in [0.4, 0.5) is 8.78 Å². The molecule has 1 saturated carbocycles. The lowest BCUT2D eigenvalue weighted by Crippen LogP contribution is -1.99. The fourth-order valence-electron chi connectivity index (χ4n) is 2.58. The van der Waals surface area contributed by atoms with Crippen molar-refractivity contribution in [2.45, 2.75) is 17.7 Å². The summed E-state index contributed by atoms with van der Waals surface area (Å²) in [6.07, 6.45) is 0.925. The first kappa shape index (κ1) is 12.6. The highest BCUT2D eigenvalue weighted by Gasteiger charge is 2.44. The van der Waals surface area contributed by atoms with E-state index in [1.165, 1.54) is 11.6 Å². The van der Waals surface area contributed by atoms with Crippen LogP contribution in [0.3, 0.4) is 0 Å². The predicted octanol–water partition coefficient (Wildman–Crippen LogP) is 5.05. The van der Waals surface area contributed by atoms with Gasteiger partial charge in [0, 0.05) is 5.56 Å². The van der Waals surface area contributed by atoms with Crippen LogP contribution >= 0.6 is 11.6 Å². The molecule has 0 spiro atoms. The van der Waals surface area contributed by atoms with E-state index < -0.39 is 17.0 Å². The van der Waals surface area contributed by atoms with Gasteiger partial charge in [-0.1, -0.05) is 30.3 Å². The third-order valence-corrected chi connectivity index (χ3v) is 4.26. The topological polar surface area (TPSA) is 0 Å². The van der Waals surface area contributed by atoms with Crippen LogP contribution in [0.25, 0.3) is 0 Å². The summed E-state index contributed by atoms with van der Waals surface area (Å²) in [6, 6.07) is 13.5. The SMILES string of the molecule is Fc1ccc(F)c(C(Cl)C2CC2c2ccccc2)c1. The maximum Gasteiger partial charge on any atom is 0.128 e. The average molecular weight is 279 g/mol. The fourth-order valence-corrected chi connectivity index (χ4v) is 3.02. The number of benzene rings is 2. The zero-order valence-electron chi connectivity index (χ0n) is 10.2. The molecule has 1 fully saturated rings. The number of hydrogen-bond acceptors (Lipinski definition) is 0. The van der Waals surface area contributed by atoms with Gasteiger partial charge in [-0.15, -0.1) is 11.6 Å². The zero-order chi connectivity index (χ0) is 13.4. The van der Waals surface area contributed by atoms with E-state index in [4.69, 9.17) is 11.6 Å². The maximum absolute atomic E-state index is 13.7. The lowest BCUT2D eigenvalue weighted by atomic mass is 10.0. The molecule has 0 amide bonds. The van der Waals surface area contributed by atoms with Gasteiger partial charge in [0.1, 0.15) is 11.6 Å². The van der Waals surface area contributed by atoms with Crippen LogP contribution in [-0.2, 0) is 0 Å². The van der Waals surface area contributed by atoms with Crippen molar-refractivity contribution in [3.8, 4) is 0 Å². The molecule has 0 saturated heterocycles. The molecule has 19 heavy (non-hydrogen) atoms. The van der Waals surface area contributed by atoms with E-state index in [-0.39, 0.29) is 11.5 Å². The monoisotopic (exact) mass is 278 g/mol. The second-order valence-electron chi connectivity index (χ2n) is 4.98. The Hall–Kier alpha value is -1.41. The third-order valence-electron chi connectivity index (χ3n) is 3.70. The van der Waals surface area contributed by atoms with Crippen molar-refractivity contribution in [3.63, 3.8) is 0 Å². The summed E-state index contributed by atoms with van der Waals surface area (Å²) in [6.45, 7) is 0. The Balaban J connectivity index is 1.80. The maximum atomic E-state index is 13.7. The summed E-state index contributed by atoms with van der Waals surface area (Å²) in [4.78, 5) is 0. The Bertz CT molecular complexity index is 583. The molecule has 0 aromatic heterocycles. The standard InChI is InChI=1S/C16H13ClF2/c17-16(14-8-11(18)6-7-15(14)19)13-9-12(13)10-4-2-1-3-5-10/h1-8,12-13,16H,9H2. The van der Waals surface area contributed by atoms with Gasteiger partial charge in [-0.05, 0) is 42.0 Å². The van der Waals surface area contributed by atoms with Crippen molar-refractivity contribution in [2.75, 3.05) is 0 Å². The van der Waals surface area contributed by atoms with Gasteiger partial charge in [0.2, 0.25) is 0 Å². The molecule has 1 aliphatic rings. The highest BCUT2D eigenvalue weighted by atomic mass is 35.5. The minimum absolute atomic E-state index is 0.181. The molecule has 2 aromatic carbocycles. The number of alkyl halides is 1. The summed E-state index contributed by atoms with van der Waals surface area (Å²) in [5.41, 5.74) is 1.49. The molecule has 3 heteroatoms. The normalized spacial score (nSPS) is 23.1. The van der Waals surface area contributed by atoms with E-state index in [9.17, 15) is 8.78 Å². The van der Waals surface area contributed by atoms with Crippen LogP contribution in [0.5, 0.6) is 0 Å². The van der Waals surface area contributed by atoms with E-state index in [0.717, 1.165) is 18.6 Å². The van der Waals surface area contributed by atoms with E-state index in [2.05, 4.69) is 12.1 Å².